The Morgan fingerprint density at radius 1 is 1.00 bits per heavy atom. The van der Waals surface area contributed by atoms with E-state index in [1.54, 1.807) is 24.3 Å². The molecular formula is C20H23NO5. The van der Waals surface area contributed by atoms with Crippen molar-refractivity contribution in [1.82, 2.24) is 0 Å². The maximum atomic E-state index is 12.3. The summed E-state index contributed by atoms with van der Waals surface area (Å²) in [5, 5.41) is 2.89. The molecule has 0 saturated heterocycles. The van der Waals surface area contributed by atoms with Crippen molar-refractivity contribution in [3.63, 3.8) is 0 Å². The molecule has 0 heterocycles. The van der Waals surface area contributed by atoms with E-state index in [2.05, 4.69) is 5.32 Å². The standard InChI is InChI=1S/C20H23NO5/c1-14-4-9-18(15(2)12-14)21-20(23)16-5-7-17(8-6-16)26-13-19(22)25-11-10-24-3/h4-9,12H,10-11,13H2,1-3H3,(H,21,23). The lowest BCUT2D eigenvalue weighted by molar-refractivity contribution is -0.147. The molecule has 2 rings (SSSR count). The van der Waals surface area contributed by atoms with Crippen LogP contribution in [0.5, 0.6) is 5.75 Å². The molecule has 0 bridgehead atoms. The Hall–Kier alpha value is -2.86. The summed E-state index contributed by atoms with van der Waals surface area (Å²) < 4.78 is 15.0. The number of nitrogens with one attached hydrogen (secondary N) is 1. The Kier molecular flexibility index (Phi) is 7.17. The summed E-state index contributed by atoms with van der Waals surface area (Å²) in [7, 11) is 1.53. The van der Waals surface area contributed by atoms with Crippen molar-refractivity contribution in [2.75, 3.05) is 32.2 Å². The first-order valence-corrected chi connectivity index (χ1v) is 8.25. The van der Waals surface area contributed by atoms with E-state index in [0.717, 1.165) is 16.8 Å². The van der Waals surface area contributed by atoms with Gasteiger partial charge in [-0.2, -0.15) is 0 Å². The lowest BCUT2D eigenvalue weighted by Crippen LogP contribution is -2.17. The molecule has 0 fully saturated rings. The summed E-state index contributed by atoms with van der Waals surface area (Å²) in [6.45, 7) is 4.29. The smallest absolute Gasteiger partial charge is 0.344 e. The highest BCUT2D eigenvalue weighted by Gasteiger charge is 2.09. The molecule has 0 aliphatic heterocycles. The fourth-order valence-electron chi connectivity index (χ4n) is 2.27. The highest BCUT2D eigenvalue weighted by Crippen LogP contribution is 2.18. The molecule has 138 valence electrons. The van der Waals surface area contributed by atoms with Crippen LogP contribution in [-0.2, 0) is 14.3 Å². The van der Waals surface area contributed by atoms with Crippen LogP contribution in [0.3, 0.4) is 0 Å². The van der Waals surface area contributed by atoms with Crippen LogP contribution in [0.2, 0.25) is 0 Å². The highest BCUT2D eigenvalue weighted by atomic mass is 16.6. The van der Waals surface area contributed by atoms with Crippen molar-refractivity contribution in [2.24, 2.45) is 0 Å². The molecule has 0 radical (unpaired) electrons. The molecule has 0 aromatic heterocycles. The molecular weight excluding hydrogens is 334 g/mol. The van der Waals surface area contributed by atoms with E-state index >= 15 is 0 Å². The van der Waals surface area contributed by atoms with Gasteiger partial charge in [0.05, 0.1) is 6.61 Å². The monoisotopic (exact) mass is 357 g/mol. The highest BCUT2D eigenvalue weighted by molar-refractivity contribution is 6.04. The third-order valence-corrected chi connectivity index (χ3v) is 3.65. The third-order valence-electron chi connectivity index (χ3n) is 3.65. The van der Waals surface area contributed by atoms with Crippen LogP contribution in [-0.4, -0.2) is 38.8 Å². The van der Waals surface area contributed by atoms with Crippen LogP contribution in [0.15, 0.2) is 42.5 Å². The molecule has 0 aliphatic carbocycles. The average molecular weight is 357 g/mol. The number of esters is 1. The van der Waals surface area contributed by atoms with Crippen molar-refractivity contribution in [3.05, 3.63) is 59.2 Å². The molecule has 0 spiro atoms. The number of hydrogen-bond acceptors (Lipinski definition) is 5. The minimum absolute atomic E-state index is 0.191. The molecule has 26 heavy (non-hydrogen) atoms. The van der Waals surface area contributed by atoms with E-state index in [-0.39, 0.29) is 19.1 Å². The molecule has 1 N–H and O–H groups in total. The zero-order chi connectivity index (χ0) is 18.9. The summed E-state index contributed by atoms with van der Waals surface area (Å²) in [5.74, 6) is -0.196. The molecule has 0 aliphatic rings. The van der Waals surface area contributed by atoms with Crippen LogP contribution in [0.25, 0.3) is 0 Å². The molecule has 0 saturated carbocycles. The Labute approximate surface area is 153 Å². The largest absolute Gasteiger partial charge is 0.482 e. The van der Waals surface area contributed by atoms with Crippen LogP contribution < -0.4 is 10.1 Å². The third kappa shape index (κ3) is 5.89. The number of benzene rings is 2. The van der Waals surface area contributed by atoms with E-state index in [1.807, 2.05) is 32.0 Å². The number of hydrogen-bond donors (Lipinski definition) is 1. The van der Waals surface area contributed by atoms with Crippen molar-refractivity contribution in [1.29, 1.82) is 0 Å². The van der Waals surface area contributed by atoms with Gasteiger partial charge >= 0.3 is 5.97 Å². The number of carbonyl (C=O) groups excluding carboxylic acids is 2. The zero-order valence-corrected chi connectivity index (χ0v) is 15.2. The summed E-state index contributed by atoms with van der Waals surface area (Å²) in [5.41, 5.74) is 3.42. The van der Waals surface area contributed by atoms with E-state index < -0.39 is 5.97 Å². The maximum absolute atomic E-state index is 12.3. The van der Waals surface area contributed by atoms with Gasteiger partial charge in [-0.3, -0.25) is 4.79 Å². The van der Waals surface area contributed by atoms with Crippen LogP contribution in [0.4, 0.5) is 5.69 Å². The van der Waals surface area contributed by atoms with Gasteiger partial charge in [0.15, 0.2) is 6.61 Å². The van der Waals surface area contributed by atoms with Crippen molar-refractivity contribution in [2.45, 2.75) is 13.8 Å². The number of anilines is 1. The van der Waals surface area contributed by atoms with Gasteiger partial charge < -0.3 is 19.5 Å². The number of aryl methyl sites for hydroxylation is 2. The summed E-state index contributed by atoms with van der Waals surface area (Å²) in [6.07, 6.45) is 0. The Morgan fingerprint density at radius 2 is 1.73 bits per heavy atom. The minimum atomic E-state index is -0.473. The van der Waals surface area contributed by atoms with Crippen molar-refractivity contribution >= 4 is 17.6 Å². The second-order valence-corrected chi connectivity index (χ2v) is 5.80. The van der Waals surface area contributed by atoms with Gasteiger partial charge in [-0.05, 0) is 49.7 Å². The lowest BCUT2D eigenvalue weighted by Gasteiger charge is -2.10. The molecule has 6 heteroatoms. The Morgan fingerprint density at radius 3 is 2.38 bits per heavy atom. The second-order valence-electron chi connectivity index (χ2n) is 5.80. The average Bonchev–Trinajstić information content (AvgIpc) is 2.63. The number of rotatable bonds is 8. The second kappa shape index (κ2) is 9.58. The van der Waals surface area contributed by atoms with Gasteiger partial charge in [0.1, 0.15) is 12.4 Å². The van der Waals surface area contributed by atoms with Crippen molar-refractivity contribution in [3.8, 4) is 5.75 Å². The number of ether oxygens (including phenoxy) is 3. The molecule has 2 aromatic carbocycles. The minimum Gasteiger partial charge on any atom is -0.482 e. The van der Waals surface area contributed by atoms with Crippen LogP contribution >= 0.6 is 0 Å². The number of methoxy groups -OCH3 is 1. The summed E-state index contributed by atoms with van der Waals surface area (Å²) >= 11 is 0. The Bertz CT molecular complexity index is 755. The summed E-state index contributed by atoms with van der Waals surface area (Å²) in [4.78, 5) is 23.8. The topological polar surface area (TPSA) is 73.9 Å². The van der Waals surface area contributed by atoms with Gasteiger partial charge in [0.2, 0.25) is 0 Å². The molecule has 0 unspecified atom stereocenters. The molecule has 6 nitrogen and oxygen atoms in total. The quantitative estimate of drug-likeness (QED) is 0.580. The maximum Gasteiger partial charge on any atom is 0.344 e. The number of carbonyl (C=O) groups is 2. The number of amides is 1. The lowest BCUT2D eigenvalue weighted by atomic mass is 10.1. The first kappa shape index (κ1) is 19.5. The van der Waals surface area contributed by atoms with E-state index in [1.165, 1.54) is 7.11 Å². The van der Waals surface area contributed by atoms with Gasteiger partial charge in [-0.25, -0.2) is 4.79 Å². The van der Waals surface area contributed by atoms with Gasteiger partial charge in [0, 0.05) is 18.4 Å². The van der Waals surface area contributed by atoms with Gasteiger partial charge in [-0.1, -0.05) is 17.7 Å². The SMILES string of the molecule is COCCOC(=O)COc1ccc(C(=O)Nc2ccc(C)cc2C)cc1. The van der Waals surface area contributed by atoms with E-state index in [0.29, 0.717) is 17.9 Å². The zero-order valence-electron chi connectivity index (χ0n) is 15.2. The molecule has 2 aromatic rings. The van der Waals surface area contributed by atoms with Gasteiger partial charge in [0.25, 0.3) is 5.91 Å². The first-order valence-electron chi connectivity index (χ1n) is 8.25. The van der Waals surface area contributed by atoms with E-state index in [9.17, 15) is 9.59 Å². The van der Waals surface area contributed by atoms with E-state index in [4.69, 9.17) is 14.2 Å². The fourth-order valence-corrected chi connectivity index (χ4v) is 2.27. The summed E-state index contributed by atoms with van der Waals surface area (Å²) in [6, 6.07) is 12.4. The molecule has 0 atom stereocenters. The van der Waals surface area contributed by atoms with Gasteiger partial charge in [-0.15, -0.1) is 0 Å². The van der Waals surface area contributed by atoms with Crippen LogP contribution in [0, 0.1) is 13.8 Å². The first-order chi connectivity index (χ1) is 12.5. The van der Waals surface area contributed by atoms with Crippen LogP contribution in [0.1, 0.15) is 21.5 Å². The normalized spacial score (nSPS) is 10.3. The fraction of sp³-hybridized carbons (Fsp3) is 0.300. The predicted octanol–water partition coefficient (Wildman–Crippen LogP) is 3.12. The van der Waals surface area contributed by atoms with Crippen molar-refractivity contribution < 1.29 is 23.8 Å². The predicted molar refractivity (Wildman–Crippen MR) is 98.6 cm³/mol. The molecule has 1 amide bonds. The Balaban J connectivity index is 1.88.